The quantitative estimate of drug-likeness (QED) is 0.689. The van der Waals surface area contributed by atoms with E-state index >= 15 is 0 Å². The Morgan fingerprint density at radius 3 is 2.65 bits per heavy atom. The molecule has 5 nitrogen and oxygen atoms in total. The van der Waals surface area contributed by atoms with Gasteiger partial charge in [-0.1, -0.05) is 0 Å². The molecule has 1 aliphatic rings. The Morgan fingerprint density at radius 1 is 1.45 bits per heavy atom. The number of hydrogen-bond donors (Lipinski definition) is 1. The van der Waals surface area contributed by atoms with Crippen molar-refractivity contribution in [2.75, 3.05) is 26.9 Å². The van der Waals surface area contributed by atoms with Crippen LogP contribution in [0.15, 0.2) is 0 Å². The lowest BCUT2D eigenvalue weighted by atomic mass is 9.93. The Hall–Kier alpha value is -0.650. The Morgan fingerprint density at radius 2 is 2.15 bits per heavy atom. The monoisotopic (exact) mass is 287 g/mol. The molecule has 1 aliphatic heterocycles. The molecule has 0 aliphatic carbocycles. The molecule has 0 aromatic carbocycles. The molecule has 5 heteroatoms. The molecule has 3 unspecified atom stereocenters. The fraction of sp³-hybridized carbons (Fsp3) is 0.933. The van der Waals surface area contributed by atoms with E-state index in [1.807, 2.05) is 27.7 Å². The largest absolute Gasteiger partial charge is 0.468 e. The lowest BCUT2D eigenvalue weighted by Gasteiger charge is -2.32. The van der Waals surface area contributed by atoms with Crippen LogP contribution in [0.5, 0.6) is 0 Å². The summed E-state index contributed by atoms with van der Waals surface area (Å²) in [6, 6.07) is 0.203. The van der Waals surface area contributed by atoms with Crippen LogP contribution in [0.25, 0.3) is 0 Å². The first-order chi connectivity index (χ1) is 9.37. The van der Waals surface area contributed by atoms with E-state index in [-0.39, 0.29) is 18.1 Å². The molecule has 1 rings (SSSR count). The molecule has 0 radical (unpaired) electrons. The van der Waals surface area contributed by atoms with Gasteiger partial charge >= 0.3 is 5.97 Å². The third kappa shape index (κ3) is 5.38. The van der Waals surface area contributed by atoms with Crippen LogP contribution in [0.2, 0.25) is 0 Å². The molecule has 0 aromatic heterocycles. The highest BCUT2D eigenvalue weighted by Crippen LogP contribution is 2.19. The molecule has 1 saturated heterocycles. The van der Waals surface area contributed by atoms with Gasteiger partial charge in [0.1, 0.15) is 5.54 Å². The third-order valence-electron chi connectivity index (χ3n) is 3.58. The zero-order valence-corrected chi connectivity index (χ0v) is 13.4. The third-order valence-corrected chi connectivity index (χ3v) is 3.58. The van der Waals surface area contributed by atoms with Gasteiger partial charge in [0.05, 0.1) is 26.4 Å². The first-order valence-corrected chi connectivity index (χ1v) is 7.43. The van der Waals surface area contributed by atoms with Crippen molar-refractivity contribution in [3.63, 3.8) is 0 Å². The van der Waals surface area contributed by atoms with Crippen LogP contribution in [0.3, 0.4) is 0 Å². The molecule has 1 fully saturated rings. The van der Waals surface area contributed by atoms with Crippen LogP contribution in [-0.2, 0) is 19.0 Å². The Kier molecular flexibility index (Phi) is 6.92. The summed E-state index contributed by atoms with van der Waals surface area (Å²) >= 11 is 0. The van der Waals surface area contributed by atoms with Crippen LogP contribution >= 0.6 is 0 Å². The minimum atomic E-state index is -0.714. The second-order valence-corrected chi connectivity index (χ2v) is 6.20. The van der Waals surface area contributed by atoms with Gasteiger partial charge in [-0.15, -0.1) is 0 Å². The normalized spacial score (nSPS) is 23.6. The van der Waals surface area contributed by atoms with Gasteiger partial charge in [0.2, 0.25) is 0 Å². The maximum absolute atomic E-state index is 12.0. The highest BCUT2D eigenvalue weighted by atomic mass is 16.5. The van der Waals surface area contributed by atoms with Crippen LogP contribution < -0.4 is 5.32 Å². The van der Waals surface area contributed by atoms with E-state index < -0.39 is 5.54 Å². The van der Waals surface area contributed by atoms with E-state index in [0.717, 1.165) is 19.6 Å². The van der Waals surface area contributed by atoms with Crippen LogP contribution in [0.4, 0.5) is 0 Å². The lowest BCUT2D eigenvalue weighted by molar-refractivity contribution is -0.150. The summed E-state index contributed by atoms with van der Waals surface area (Å²) in [5, 5.41) is 3.29. The molecule has 0 saturated carbocycles. The van der Waals surface area contributed by atoms with E-state index in [9.17, 15) is 4.79 Å². The zero-order valence-electron chi connectivity index (χ0n) is 13.4. The number of ether oxygens (including phenoxy) is 3. The highest BCUT2D eigenvalue weighted by molar-refractivity contribution is 5.80. The summed E-state index contributed by atoms with van der Waals surface area (Å²) in [4.78, 5) is 12.0. The zero-order chi connectivity index (χ0) is 15.2. The van der Waals surface area contributed by atoms with Crippen molar-refractivity contribution in [2.24, 2.45) is 5.92 Å². The van der Waals surface area contributed by atoms with E-state index in [0.29, 0.717) is 18.9 Å². The SMILES string of the molecule is COC(=O)C(C)(CC(C)OCC1CCOC1)NC(C)C. The fourth-order valence-corrected chi connectivity index (χ4v) is 2.71. The minimum Gasteiger partial charge on any atom is -0.468 e. The van der Waals surface area contributed by atoms with Crippen molar-refractivity contribution in [1.82, 2.24) is 5.32 Å². The summed E-state index contributed by atoms with van der Waals surface area (Å²) in [6.45, 7) is 10.2. The van der Waals surface area contributed by atoms with Crippen molar-refractivity contribution >= 4 is 5.97 Å². The van der Waals surface area contributed by atoms with Crippen molar-refractivity contribution in [3.8, 4) is 0 Å². The molecule has 1 heterocycles. The number of carbonyl (C=O) groups excluding carboxylic acids is 1. The van der Waals surface area contributed by atoms with Crippen LogP contribution in [0.1, 0.15) is 40.5 Å². The average molecular weight is 287 g/mol. The first kappa shape index (κ1) is 17.4. The Labute approximate surface area is 122 Å². The van der Waals surface area contributed by atoms with Gasteiger partial charge in [0.25, 0.3) is 0 Å². The summed E-state index contributed by atoms with van der Waals surface area (Å²) in [6.07, 6.45) is 1.64. The van der Waals surface area contributed by atoms with Crippen molar-refractivity contribution in [2.45, 2.75) is 58.2 Å². The molecular weight excluding hydrogens is 258 g/mol. The van der Waals surface area contributed by atoms with Gasteiger partial charge in [0.15, 0.2) is 0 Å². The number of rotatable bonds is 8. The Balaban J connectivity index is 2.48. The van der Waals surface area contributed by atoms with Crippen LogP contribution in [-0.4, -0.2) is 50.6 Å². The standard InChI is InChI=1S/C15H29NO4/c1-11(2)16-15(4,14(17)18-5)8-12(3)20-10-13-6-7-19-9-13/h11-13,16H,6-10H2,1-5H3. The first-order valence-electron chi connectivity index (χ1n) is 7.43. The molecule has 0 amide bonds. The number of carbonyl (C=O) groups is 1. The van der Waals surface area contributed by atoms with E-state index in [4.69, 9.17) is 14.2 Å². The molecular formula is C15H29NO4. The van der Waals surface area contributed by atoms with E-state index in [1.165, 1.54) is 7.11 Å². The molecule has 20 heavy (non-hydrogen) atoms. The van der Waals surface area contributed by atoms with Crippen molar-refractivity contribution in [3.05, 3.63) is 0 Å². The highest BCUT2D eigenvalue weighted by Gasteiger charge is 2.36. The molecule has 0 spiro atoms. The number of methoxy groups -OCH3 is 1. The smallest absolute Gasteiger partial charge is 0.325 e. The van der Waals surface area contributed by atoms with Crippen molar-refractivity contribution in [1.29, 1.82) is 0 Å². The number of nitrogens with one attached hydrogen (secondary N) is 1. The number of esters is 1. The van der Waals surface area contributed by atoms with Gasteiger partial charge in [-0.3, -0.25) is 10.1 Å². The topological polar surface area (TPSA) is 56.8 Å². The van der Waals surface area contributed by atoms with E-state index in [1.54, 1.807) is 0 Å². The summed E-state index contributed by atoms with van der Waals surface area (Å²) in [5.74, 6) is 0.241. The van der Waals surface area contributed by atoms with Gasteiger partial charge < -0.3 is 14.2 Å². The fourth-order valence-electron chi connectivity index (χ4n) is 2.71. The molecule has 0 aromatic rings. The van der Waals surface area contributed by atoms with Gasteiger partial charge in [-0.25, -0.2) is 0 Å². The van der Waals surface area contributed by atoms with Gasteiger partial charge in [-0.05, 0) is 34.1 Å². The predicted molar refractivity (Wildman–Crippen MR) is 77.6 cm³/mol. The summed E-state index contributed by atoms with van der Waals surface area (Å²) < 4.78 is 16.1. The molecule has 118 valence electrons. The summed E-state index contributed by atoms with van der Waals surface area (Å²) in [5.41, 5.74) is -0.714. The average Bonchev–Trinajstić information content (AvgIpc) is 2.87. The van der Waals surface area contributed by atoms with Gasteiger partial charge in [0, 0.05) is 25.0 Å². The number of hydrogen-bond acceptors (Lipinski definition) is 5. The lowest BCUT2D eigenvalue weighted by Crippen LogP contribution is -2.54. The van der Waals surface area contributed by atoms with E-state index in [2.05, 4.69) is 5.32 Å². The summed E-state index contributed by atoms with van der Waals surface area (Å²) in [7, 11) is 1.42. The molecule has 0 bridgehead atoms. The maximum atomic E-state index is 12.0. The Bertz CT molecular complexity index is 302. The second-order valence-electron chi connectivity index (χ2n) is 6.20. The maximum Gasteiger partial charge on any atom is 0.325 e. The molecule has 1 N–H and O–H groups in total. The van der Waals surface area contributed by atoms with Crippen molar-refractivity contribution < 1.29 is 19.0 Å². The minimum absolute atomic E-state index is 0.00838. The predicted octanol–water partition coefficient (Wildman–Crippen LogP) is 1.75. The van der Waals surface area contributed by atoms with Gasteiger partial charge in [-0.2, -0.15) is 0 Å². The van der Waals surface area contributed by atoms with Crippen LogP contribution in [0, 0.1) is 5.92 Å². The second kappa shape index (κ2) is 7.96. The molecule has 3 atom stereocenters.